The van der Waals surface area contributed by atoms with Crippen molar-refractivity contribution in [3.8, 4) is 0 Å². The van der Waals surface area contributed by atoms with Gasteiger partial charge in [-0.05, 0) is 37.8 Å². The van der Waals surface area contributed by atoms with E-state index in [-0.39, 0.29) is 23.6 Å². The van der Waals surface area contributed by atoms with Gasteiger partial charge in [-0.25, -0.2) is 0 Å². The van der Waals surface area contributed by atoms with Crippen LogP contribution in [-0.4, -0.2) is 47.0 Å². The number of nitrogens with one attached hydrogen (secondary N) is 2. The van der Waals surface area contributed by atoms with Gasteiger partial charge in [-0.2, -0.15) is 0 Å². The highest BCUT2D eigenvalue weighted by molar-refractivity contribution is 8.01. The highest BCUT2D eigenvalue weighted by Gasteiger charge is 2.37. The molecule has 1 aromatic carbocycles. The van der Waals surface area contributed by atoms with E-state index >= 15 is 0 Å². The molecule has 7 heteroatoms. The average Bonchev–Trinajstić information content (AvgIpc) is 2.73. The van der Waals surface area contributed by atoms with Crippen LogP contribution in [0.2, 0.25) is 0 Å². The summed E-state index contributed by atoms with van der Waals surface area (Å²) in [7, 11) is 0. The summed E-state index contributed by atoms with van der Waals surface area (Å²) in [5, 5.41) is 5.29. The Bertz CT molecular complexity index is 755. The molecule has 0 spiro atoms. The lowest BCUT2D eigenvalue weighted by Gasteiger charge is -2.35. The van der Waals surface area contributed by atoms with E-state index in [2.05, 4.69) is 10.6 Å². The maximum atomic E-state index is 12.9. The predicted molar refractivity (Wildman–Crippen MR) is 109 cm³/mol. The largest absolute Gasteiger partial charge is 0.353 e. The van der Waals surface area contributed by atoms with Crippen molar-refractivity contribution < 1.29 is 14.4 Å². The average molecular weight is 402 g/mol. The smallest absolute Gasteiger partial charge is 0.247 e. The minimum atomic E-state index is -0.748. The summed E-state index contributed by atoms with van der Waals surface area (Å²) in [6.45, 7) is 1.07. The van der Waals surface area contributed by atoms with Gasteiger partial charge in [-0.3, -0.25) is 14.4 Å². The van der Waals surface area contributed by atoms with Gasteiger partial charge in [0, 0.05) is 29.9 Å². The molecule has 2 N–H and O–H groups in total. The predicted octanol–water partition coefficient (Wildman–Crippen LogP) is 2.79. The summed E-state index contributed by atoms with van der Waals surface area (Å²) in [5.74, 6) is -0.300. The van der Waals surface area contributed by atoms with Gasteiger partial charge in [-0.1, -0.05) is 31.4 Å². The Hall–Kier alpha value is -2.02. The van der Waals surface area contributed by atoms with Crippen molar-refractivity contribution in [1.29, 1.82) is 0 Å². The van der Waals surface area contributed by atoms with Crippen molar-refractivity contribution in [3.63, 3.8) is 0 Å². The molecule has 3 amide bonds. The molecule has 0 unspecified atom stereocenters. The number of anilines is 1. The number of thioether (sulfide) groups is 1. The minimum Gasteiger partial charge on any atom is -0.353 e. The molecular formula is C21H27N3O3S. The molecule has 0 aromatic heterocycles. The Balaban J connectivity index is 1.30. The van der Waals surface area contributed by atoms with Crippen LogP contribution < -0.4 is 10.6 Å². The number of amides is 3. The highest BCUT2D eigenvalue weighted by atomic mass is 32.2. The molecule has 1 aromatic rings. The van der Waals surface area contributed by atoms with Gasteiger partial charge in [0.15, 0.2) is 5.25 Å². The van der Waals surface area contributed by atoms with E-state index in [9.17, 15) is 14.4 Å². The molecular weight excluding hydrogens is 374 g/mol. The number of benzene rings is 1. The molecule has 6 nitrogen and oxygen atoms in total. The summed E-state index contributed by atoms with van der Waals surface area (Å²) < 4.78 is 0. The molecule has 0 radical (unpaired) electrons. The van der Waals surface area contributed by atoms with Gasteiger partial charge in [0.05, 0.1) is 5.69 Å². The highest BCUT2D eigenvalue weighted by Crippen LogP contribution is 2.36. The van der Waals surface area contributed by atoms with Crippen molar-refractivity contribution in [3.05, 3.63) is 24.3 Å². The third-order valence-corrected chi connectivity index (χ3v) is 7.24. The minimum absolute atomic E-state index is 0.0282. The zero-order valence-electron chi connectivity index (χ0n) is 16.0. The van der Waals surface area contributed by atoms with Crippen LogP contribution >= 0.6 is 11.8 Å². The molecule has 1 saturated heterocycles. The number of hydrogen-bond acceptors (Lipinski definition) is 4. The van der Waals surface area contributed by atoms with E-state index < -0.39 is 5.25 Å². The summed E-state index contributed by atoms with van der Waals surface area (Å²) in [4.78, 5) is 40.5. The molecule has 1 aliphatic carbocycles. The third kappa shape index (κ3) is 4.19. The molecule has 150 valence electrons. The van der Waals surface area contributed by atoms with Crippen LogP contribution in [0.25, 0.3) is 0 Å². The van der Waals surface area contributed by atoms with E-state index in [0.29, 0.717) is 32.0 Å². The number of piperidine rings is 1. The van der Waals surface area contributed by atoms with E-state index in [1.54, 1.807) is 4.90 Å². The van der Waals surface area contributed by atoms with Crippen LogP contribution in [0.1, 0.15) is 44.9 Å². The second-order valence-corrected chi connectivity index (χ2v) is 9.07. The maximum Gasteiger partial charge on any atom is 0.247 e. The first kappa shape index (κ1) is 19.3. The lowest BCUT2D eigenvalue weighted by Crippen LogP contribution is -2.50. The molecule has 4 rings (SSSR count). The van der Waals surface area contributed by atoms with E-state index in [1.165, 1.54) is 31.0 Å². The molecule has 1 atom stereocenters. The first-order valence-electron chi connectivity index (χ1n) is 10.3. The van der Waals surface area contributed by atoms with E-state index in [0.717, 1.165) is 23.4 Å². The summed E-state index contributed by atoms with van der Waals surface area (Å²) in [6.07, 6.45) is 7.16. The first-order chi connectivity index (χ1) is 13.6. The molecule has 0 bridgehead atoms. The number of carbonyl (C=O) groups is 3. The molecule has 3 aliphatic rings. The fourth-order valence-corrected chi connectivity index (χ4v) is 5.38. The number of rotatable bonds is 3. The van der Waals surface area contributed by atoms with E-state index in [4.69, 9.17) is 0 Å². The summed E-state index contributed by atoms with van der Waals surface area (Å²) >= 11 is 1.31. The van der Waals surface area contributed by atoms with Crippen molar-refractivity contribution in [2.45, 2.75) is 61.1 Å². The van der Waals surface area contributed by atoms with Crippen molar-refractivity contribution in [2.24, 2.45) is 5.92 Å². The quantitative estimate of drug-likeness (QED) is 0.764. The second-order valence-electron chi connectivity index (χ2n) is 7.93. The van der Waals surface area contributed by atoms with Crippen LogP contribution in [-0.2, 0) is 14.4 Å². The number of nitrogens with zero attached hydrogens (tertiary/aromatic N) is 1. The van der Waals surface area contributed by atoms with Crippen LogP contribution in [0.5, 0.6) is 0 Å². The lowest BCUT2D eigenvalue weighted by atomic mass is 9.92. The first-order valence-corrected chi connectivity index (χ1v) is 11.2. The molecule has 1 saturated carbocycles. The topological polar surface area (TPSA) is 78.5 Å². The Labute approximate surface area is 169 Å². The molecule has 2 heterocycles. The fourth-order valence-electron chi connectivity index (χ4n) is 4.31. The number of carbonyl (C=O) groups excluding carboxylic acids is 3. The fraction of sp³-hybridized carbons (Fsp3) is 0.571. The Morgan fingerprint density at radius 2 is 1.75 bits per heavy atom. The number of fused-ring (bicyclic) bond motifs is 1. The van der Waals surface area contributed by atoms with Crippen LogP contribution in [0, 0.1) is 5.92 Å². The van der Waals surface area contributed by atoms with Gasteiger partial charge in [0.25, 0.3) is 0 Å². The zero-order chi connectivity index (χ0) is 19.5. The third-order valence-electron chi connectivity index (χ3n) is 5.98. The maximum absolute atomic E-state index is 12.9. The Kier molecular flexibility index (Phi) is 5.90. The molecule has 2 fully saturated rings. The molecule has 28 heavy (non-hydrogen) atoms. The standard InChI is InChI=1S/C21H27N3O3S/c25-19(22-15-6-2-1-3-7-15)14-10-12-24(13-11-14)21(27)18-20(26)23-16-8-4-5-9-17(16)28-18/h4-5,8-9,14-15,18H,1-3,6-7,10-13H2,(H,22,25)(H,23,26)/t18-/m1/s1. The van der Waals surface area contributed by atoms with Crippen LogP contribution in [0.15, 0.2) is 29.2 Å². The second kappa shape index (κ2) is 8.55. The number of likely N-dealkylation sites (tertiary alicyclic amines) is 1. The van der Waals surface area contributed by atoms with Gasteiger partial charge < -0.3 is 15.5 Å². The van der Waals surface area contributed by atoms with Crippen LogP contribution in [0.4, 0.5) is 5.69 Å². The lowest BCUT2D eigenvalue weighted by molar-refractivity contribution is -0.137. The molecule has 2 aliphatic heterocycles. The monoisotopic (exact) mass is 401 g/mol. The van der Waals surface area contributed by atoms with Crippen molar-refractivity contribution in [1.82, 2.24) is 10.2 Å². The number of hydrogen-bond donors (Lipinski definition) is 2. The summed E-state index contributed by atoms with van der Waals surface area (Å²) in [5.41, 5.74) is 0.764. The van der Waals surface area contributed by atoms with Crippen LogP contribution in [0.3, 0.4) is 0 Å². The van der Waals surface area contributed by atoms with Crippen molar-refractivity contribution >= 4 is 35.2 Å². The van der Waals surface area contributed by atoms with Crippen molar-refractivity contribution in [2.75, 3.05) is 18.4 Å². The van der Waals surface area contributed by atoms with Gasteiger partial charge >= 0.3 is 0 Å². The zero-order valence-corrected chi connectivity index (χ0v) is 16.8. The van der Waals surface area contributed by atoms with Gasteiger partial charge in [-0.15, -0.1) is 11.8 Å². The Morgan fingerprint density at radius 1 is 1.04 bits per heavy atom. The summed E-state index contributed by atoms with van der Waals surface area (Å²) in [6, 6.07) is 7.86. The van der Waals surface area contributed by atoms with Gasteiger partial charge in [0.2, 0.25) is 17.7 Å². The Morgan fingerprint density at radius 3 is 2.50 bits per heavy atom. The van der Waals surface area contributed by atoms with Gasteiger partial charge in [0.1, 0.15) is 0 Å². The normalized spacial score (nSPS) is 23.6. The number of para-hydroxylation sites is 1. The van der Waals surface area contributed by atoms with E-state index in [1.807, 2.05) is 24.3 Å². The SMILES string of the molecule is O=C(NC1CCCCC1)C1CCN(C(=O)[C@@H]2Sc3ccccc3NC2=O)CC1.